The molecule has 2 aliphatic rings. The van der Waals surface area contributed by atoms with E-state index in [1.54, 1.807) is 24.1 Å². The van der Waals surface area contributed by atoms with Crippen molar-refractivity contribution in [3.8, 4) is 0 Å². The normalized spacial score (nSPS) is 23.8. The van der Waals surface area contributed by atoms with Crippen LogP contribution in [-0.2, 0) is 16.1 Å². The summed E-state index contributed by atoms with van der Waals surface area (Å²) in [7, 11) is 1.71. The Kier molecular flexibility index (Phi) is 5.78. The van der Waals surface area contributed by atoms with Gasteiger partial charge in [-0.1, -0.05) is 18.6 Å². The van der Waals surface area contributed by atoms with Crippen molar-refractivity contribution >= 4 is 18.1 Å². The van der Waals surface area contributed by atoms with Crippen LogP contribution >= 0.6 is 0 Å². The van der Waals surface area contributed by atoms with E-state index in [1.807, 2.05) is 0 Å². The molecule has 2 saturated heterocycles. The Labute approximate surface area is 152 Å². The summed E-state index contributed by atoms with van der Waals surface area (Å²) in [5.41, 5.74) is 1.17. The van der Waals surface area contributed by atoms with Crippen molar-refractivity contribution < 1.29 is 18.8 Å². The van der Waals surface area contributed by atoms with Crippen LogP contribution < -0.4 is 10.6 Å². The monoisotopic (exact) mass is 361 g/mol. The Morgan fingerprint density at radius 2 is 2.08 bits per heavy atom. The number of imide groups is 1. The summed E-state index contributed by atoms with van der Waals surface area (Å²) in [6, 6.07) is 2.76. The molecule has 2 aliphatic heterocycles. The smallest absolute Gasteiger partial charge is 0.243 e. The molecule has 2 fully saturated rings. The Bertz CT molecular complexity index is 716. The summed E-state index contributed by atoms with van der Waals surface area (Å²) in [6.45, 7) is 0.984. The third kappa shape index (κ3) is 3.83. The van der Waals surface area contributed by atoms with Gasteiger partial charge in [0.2, 0.25) is 11.8 Å². The van der Waals surface area contributed by atoms with Crippen LogP contribution in [0, 0.1) is 5.82 Å². The summed E-state index contributed by atoms with van der Waals surface area (Å²) in [4.78, 5) is 36.5. The highest BCUT2D eigenvalue weighted by molar-refractivity contribution is 6.00. The standard InChI is InChI=1S/C19H24FN3O3/c1-23(16-7-8-17(25)22-19(16)26)10-14-12(11-24)5-6-13(18(14)20)15-4-2-3-9-21-15/h5-6,11,15-16,21H,2-4,7-10H2,1H3,(H,22,25,26). The highest BCUT2D eigenvalue weighted by Crippen LogP contribution is 2.29. The van der Waals surface area contributed by atoms with E-state index in [0.29, 0.717) is 29.4 Å². The zero-order valence-corrected chi connectivity index (χ0v) is 14.9. The number of rotatable bonds is 5. The third-order valence-electron chi connectivity index (χ3n) is 5.27. The average Bonchev–Trinajstić information content (AvgIpc) is 2.64. The van der Waals surface area contributed by atoms with Crippen LogP contribution in [0.25, 0.3) is 0 Å². The molecule has 2 heterocycles. The molecule has 1 aromatic carbocycles. The molecule has 1 aromatic rings. The van der Waals surface area contributed by atoms with Gasteiger partial charge in [0.1, 0.15) is 12.1 Å². The topological polar surface area (TPSA) is 78.5 Å². The Balaban J connectivity index is 1.84. The van der Waals surface area contributed by atoms with Gasteiger partial charge in [-0.15, -0.1) is 0 Å². The molecule has 6 nitrogen and oxygen atoms in total. The van der Waals surface area contributed by atoms with E-state index in [2.05, 4.69) is 10.6 Å². The molecule has 3 rings (SSSR count). The molecule has 0 spiro atoms. The predicted octanol–water partition coefficient (Wildman–Crippen LogP) is 1.69. The minimum Gasteiger partial charge on any atom is -0.310 e. The van der Waals surface area contributed by atoms with Crippen LogP contribution in [0.1, 0.15) is 59.6 Å². The maximum Gasteiger partial charge on any atom is 0.243 e. The van der Waals surface area contributed by atoms with Gasteiger partial charge in [0.05, 0.1) is 6.04 Å². The van der Waals surface area contributed by atoms with Crippen LogP contribution in [0.2, 0.25) is 0 Å². The van der Waals surface area contributed by atoms with Crippen molar-refractivity contribution in [2.75, 3.05) is 13.6 Å². The van der Waals surface area contributed by atoms with Gasteiger partial charge in [-0.05, 0) is 32.9 Å². The van der Waals surface area contributed by atoms with Gasteiger partial charge < -0.3 is 5.32 Å². The van der Waals surface area contributed by atoms with E-state index >= 15 is 4.39 Å². The van der Waals surface area contributed by atoms with Gasteiger partial charge in [0, 0.05) is 35.7 Å². The van der Waals surface area contributed by atoms with E-state index in [1.165, 1.54) is 0 Å². The summed E-state index contributed by atoms with van der Waals surface area (Å²) in [5, 5.41) is 5.64. The van der Waals surface area contributed by atoms with Crippen molar-refractivity contribution in [3.63, 3.8) is 0 Å². The number of hydrogen-bond donors (Lipinski definition) is 2. The minimum atomic E-state index is -0.511. The molecule has 7 heteroatoms. The number of aldehydes is 1. The van der Waals surface area contributed by atoms with Crippen LogP contribution in [0.3, 0.4) is 0 Å². The number of piperidine rings is 2. The second kappa shape index (κ2) is 8.05. The van der Waals surface area contributed by atoms with E-state index in [9.17, 15) is 14.4 Å². The number of halogens is 1. The fourth-order valence-corrected chi connectivity index (χ4v) is 3.77. The molecule has 2 unspecified atom stereocenters. The Hall–Kier alpha value is -2.12. The molecule has 0 saturated carbocycles. The first-order valence-corrected chi connectivity index (χ1v) is 9.05. The first-order valence-electron chi connectivity index (χ1n) is 9.05. The lowest BCUT2D eigenvalue weighted by Gasteiger charge is -2.31. The van der Waals surface area contributed by atoms with Gasteiger partial charge in [0.25, 0.3) is 0 Å². The predicted molar refractivity (Wildman–Crippen MR) is 94.0 cm³/mol. The number of likely N-dealkylation sites (N-methyl/N-ethyl adjacent to an activating group) is 1. The lowest BCUT2D eigenvalue weighted by atomic mass is 9.93. The maximum atomic E-state index is 15.2. The summed E-state index contributed by atoms with van der Waals surface area (Å²) in [5.74, 6) is -1.04. The van der Waals surface area contributed by atoms with Crippen molar-refractivity contribution in [3.05, 3.63) is 34.6 Å². The quantitative estimate of drug-likeness (QED) is 0.616. The van der Waals surface area contributed by atoms with E-state index < -0.39 is 6.04 Å². The molecule has 140 valence electrons. The number of hydrogen-bond acceptors (Lipinski definition) is 5. The van der Waals surface area contributed by atoms with Crippen molar-refractivity contribution in [2.45, 2.75) is 50.7 Å². The molecule has 0 aromatic heterocycles. The highest BCUT2D eigenvalue weighted by Gasteiger charge is 2.31. The molecule has 0 bridgehead atoms. The minimum absolute atomic E-state index is 0.0518. The number of benzene rings is 1. The SMILES string of the molecule is CN(Cc1c(C=O)ccc(C2CCCCN2)c1F)C1CCC(=O)NC1=O. The molecule has 0 aliphatic carbocycles. The molecule has 0 radical (unpaired) electrons. The zero-order valence-electron chi connectivity index (χ0n) is 14.9. The van der Waals surface area contributed by atoms with E-state index in [4.69, 9.17) is 0 Å². The van der Waals surface area contributed by atoms with E-state index in [-0.39, 0.29) is 36.6 Å². The molecule has 2 atom stereocenters. The van der Waals surface area contributed by atoms with Gasteiger partial charge in [-0.3, -0.25) is 24.6 Å². The van der Waals surface area contributed by atoms with Crippen LogP contribution in [0.5, 0.6) is 0 Å². The van der Waals surface area contributed by atoms with Crippen molar-refractivity contribution in [1.29, 1.82) is 0 Å². The summed E-state index contributed by atoms with van der Waals surface area (Å²) < 4.78 is 15.2. The van der Waals surface area contributed by atoms with Gasteiger partial charge >= 0.3 is 0 Å². The van der Waals surface area contributed by atoms with Crippen LogP contribution in [0.4, 0.5) is 4.39 Å². The Morgan fingerprint density at radius 3 is 2.73 bits per heavy atom. The number of carbonyl (C=O) groups is 3. The Morgan fingerprint density at radius 1 is 1.27 bits per heavy atom. The fourth-order valence-electron chi connectivity index (χ4n) is 3.77. The number of amides is 2. The fraction of sp³-hybridized carbons (Fsp3) is 0.526. The molecular formula is C19H24FN3O3. The molecule has 2 N–H and O–H groups in total. The second-order valence-electron chi connectivity index (χ2n) is 7.04. The van der Waals surface area contributed by atoms with Crippen LogP contribution in [-0.4, -0.2) is 42.6 Å². The molecular weight excluding hydrogens is 337 g/mol. The largest absolute Gasteiger partial charge is 0.310 e. The zero-order chi connectivity index (χ0) is 18.7. The second-order valence-corrected chi connectivity index (χ2v) is 7.04. The van der Waals surface area contributed by atoms with Crippen molar-refractivity contribution in [2.24, 2.45) is 0 Å². The number of nitrogens with one attached hydrogen (secondary N) is 2. The first-order chi connectivity index (χ1) is 12.5. The number of carbonyl (C=O) groups excluding carboxylic acids is 3. The first kappa shape index (κ1) is 18.7. The van der Waals surface area contributed by atoms with Crippen molar-refractivity contribution in [1.82, 2.24) is 15.5 Å². The molecule has 2 amide bonds. The van der Waals surface area contributed by atoms with Gasteiger partial charge in [0.15, 0.2) is 0 Å². The average molecular weight is 361 g/mol. The molecule has 26 heavy (non-hydrogen) atoms. The third-order valence-corrected chi connectivity index (χ3v) is 5.27. The van der Waals surface area contributed by atoms with Crippen LogP contribution in [0.15, 0.2) is 12.1 Å². The lowest BCUT2D eigenvalue weighted by molar-refractivity contribution is -0.137. The summed E-state index contributed by atoms with van der Waals surface area (Å²) >= 11 is 0. The lowest BCUT2D eigenvalue weighted by Crippen LogP contribution is -2.51. The highest BCUT2D eigenvalue weighted by atomic mass is 19.1. The number of nitrogens with zero attached hydrogens (tertiary/aromatic N) is 1. The van der Waals surface area contributed by atoms with Gasteiger partial charge in [-0.25, -0.2) is 4.39 Å². The summed E-state index contributed by atoms with van der Waals surface area (Å²) in [6.07, 6.45) is 4.28. The van der Waals surface area contributed by atoms with E-state index in [0.717, 1.165) is 25.8 Å². The van der Waals surface area contributed by atoms with Gasteiger partial charge in [-0.2, -0.15) is 0 Å². The maximum absolute atomic E-state index is 15.2.